The molecule has 1 heterocycles. The van der Waals surface area contributed by atoms with E-state index in [1.807, 2.05) is 43.3 Å². The Hall–Kier alpha value is -2.01. The van der Waals surface area contributed by atoms with E-state index in [-0.39, 0.29) is 24.9 Å². The molecule has 0 aliphatic carbocycles. The van der Waals surface area contributed by atoms with Gasteiger partial charge in [0.25, 0.3) is 0 Å². The lowest BCUT2D eigenvalue weighted by molar-refractivity contribution is -0.128. The number of hydrogen-bond acceptors (Lipinski definition) is 4. The lowest BCUT2D eigenvalue weighted by atomic mass is 10.3. The van der Waals surface area contributed by atoms with Crippen LogP contribution in [-0.4, -0.2) is 29.6 Å². The van der Waals surface area contributed by atoms with Crippen LogP contribution in [0.5, 0.6) is 0 Å². The molecule has 2 aromatic rings. The second-order valence-corrected chi connectivity index (χ2v) is 4.40. The second kappa shape index (κ2) is 7.55. The number of likely N-dealkylation sites (N-methyl/N-ethyl adjacent to an activating group) is 1. The van der Waals surface area contributed by atoms with E-state index in [1.54, 1.807) is 11.9 Å². The molecule has 1 aromatic carbocycles. The van der Waals surface area contributed by atoms with Gasteiger partial charge >= 0.3 is 0 Å². The molecule has 0 radical (unpaired) electrons. The maximum absolute atomic E-state index is 11.9. The summed E-state index contributed by atoms with van der Waals surface area (Å²) in [6.07, 6.45) is 0. The number of rotatable bonds is 5. The highest BCUT2D eigenvalue weighted by atomic mass is 35.5. The molecule has 0 saturated heterocycles. The summed E-state index contributed by atoms with van der Waals surface area (Å²) in [6, 6.07) is 11.5. The number of carbonyl (C=O) groups is 1. The van der Waals surface area contributed by atoms with Gasteiger partial charge in [-0.25, -0.2) is 0 Å². The van der Waals surface area contributed by atoms with Gasteiger partial charge in [-0.1, -0.05) is 23.4 Å². The molecule has 20 heavy (non-hydrogen) atoms. The summed E-state index contributed by atoms with van der Waals surface area (Å²) in [5, 5.41) is 6.95. The van der Waals surface area contributed by atoms with Crippen molar-refractivity contribution in [2.75, 3.05) is 18.9 Å². The Labute approximate surface area is 124 Å². The van der Waals surface area contributed by atoms with Crippen LogP contribution in [0.2, 0.25) is 0 Å². The predicted molar refractivity (Wildman–Crippen MR) is 79.9 cm³/mol. The number of amides is 1. The van der Waals surface area contributed by atoms with Crippen LogP contribution in [-0.2, 0) is 11.3 Å². The first-order valence-corrected chi connectivity index (χ1v) is 6.10. The molecule has 5 nitrogen and oxygen atoms in total. The lowest BCUT2D eigenvalue weighted by Crippen LogP contribution is -2.31. The second-order valence-electron chi connectivity index (χ2n) is 4.40. The number of halogens is 1. The van der Waals surface area contributed by atoms with E-state index in [0.717, 1.165) is 17.1 Å². The molecule has 2 rings (SSSR count). The van der Waals surface area contributed by atoms with Crippen molar-refractivity contribution in [1.29, 1.82) is 0 Å². The van der Waals surface area contributed by atoms with Gasteiger partial charge in [0.15, 0.2) is 0 Å². The SMILES string of the molecule is Cc1cc(CN(C)C(=O)CNc2ccccc2)no1.Cl. The molecule has 0 aliphatic heterocycles. The van der Waals surface area contributed by atoms with Gasteiger partial charge in [-0.2, -0.15) is 0 Å². The number of benzene rings is 1. The molecule has 1 amide bonds. The molecule has 0 unspecified atom stereocenters. The van der Waals surface area contributed by atoms with E-state index in [1.165, 1.54) is 0 Å². The summed E-state index contributed by atoms with van der Waals surface area (Å²) in [5.74, 6) is 0.753. The Morgan fingerprint density at radius 1 is 1.35 bits per heavy atom. The number of para-hydroxylation sites is 1. The Morgan fingerprint density at radius 3 is 2.65 bits per heavy atom. The minimum Gasteiger partial charge on any atom is -0.376 e. The van der Waals surface area contributed by atoms with Crippen molar-refractivity contribution in [2.24, 2.45) is 0 Å². The number of aryl methyl sites for hydroxylation is 1. The number of carbonyl (C=O) groups excluding carboxylic acids is 1. The summed E-state index contributed by atoms with van der Waals surface area (Å²) >= 11 is 0. The Balaban J connectivity index is 0.00000200. The molecule has 1 aromatic heterocycles. The largest absolute Gasteiger partial charge is 0.376 e. The average Bonchev–Trinajstić information content (AvgIpc) is 2.82. The third-order valence-electron chi connectivity index (χ3n) is 2.72. The fraction of sp³-hybridized carbons (Fsp3) is 0.286. The molecule has 0 fully saturated rings. The van der Waals surface area contributed by atoms with E-state index >= 15 is 0 Å². The van der Waals surface area contributed by atoms with E-state index in [2.05, 4.69) is 10.5 Å². The average molecular weight is 296 g/mol. The van der Waals surface area contributed by atoms with Crippen LogP contribution >= 0.6 is 12.4 Å². The van der Waals surface area contributed by atoms with Crippen molar-refractivity contribution in [3.05, 3.63) is 47.9 Å². The molecule has 108 valence electrons. The van der Waals surface area contributed by atoms with Gasteiger partial charge in [0.1, 0.15) is 11.5 Å². The summed E-state index contributed by atoms with van der Waals surface area (Å²) in [5.41, 5.74) is 1.69. The number of aromatic nitrogens is 1. The maximum atomic E-state index is 11.9. The quantitative estimate of drug-likeness (QED) is 0.920. The zero-order chi connectivity index (χ0) is 13.7. The Morgan fingerprint density at radius 2 is 2.05 bits per heavy atom. The number of anilines is 1. The third-order valence-corrected chi connectivity index (χ3v) is 2.72. The summed E-state index contributed by atoms with van der Waals surface area (Å²) in [6.45, 7) is 2.54. The molecule has 0 bridgehead atoms. The third kappa shape index (κ3) is 4.59. The first-order valence-electron chi connectivity index (χ1n) is 6.10. The minimum absolute atomic E-state index is 0. The van der Waals surface area contributed by atoms with Gasteiger partial charge in [0, 0.05) is 18.8 Å². The lowest BCUT2D eigenvalue weighted by Gasteiger charge is -2.16. The molecule has 0 saturated carbocycles. The standard InChI is InChI=1S/C14H17N3O2.ClH/c1-11-8-13(16-19-11)10-17(2)14(18)9-15-12-6-4-3-5-7-12;/h3-8,15H,9-10H2,1-2H3;1H. The van der Waals surface area contributed by atoms with Gasteiger partial charge in [0.05, 0.1) is 13.1 Å². The van der Waals surface area contributed by atoms with Crippen molar-refractivity contribution in [3.63, 3.8) is 0 Å². The summed E-state index contributed by atoms with van der Waals surface area (Å²) in [7, 11) is 1.75. The molecular weight excluding hydrogens is 278 g/mol. The van der Waals surface area contributed by atoms with Crippen LogP contribution in [0.25, 0.3) is 0 Å². The Kier molecular flexibility index (Phi) is 6.06. The van der Waals surface area contributed by atoms with E-state index in [4.69, 9.17) is 4.52 Å². The number of nitrogens with zero attached hydrogens (tertiary/aromatic N) is 2. The van der Waals surface area contributed by atoms with Crippen molar-refractivity contribution < 1.29 is 9.32 Å². The zero-order valence-corrected chi connectivity index (χ0v) is 12.3. The summed E-state index contributed by atoms with van der Waals surface area (Å²) in [4.78, 5) is 13.6. The molecule has 0 atom stereocenters. The molecule has 0 spiro atoms. The van der Waals surface area contributed by atoms with Crippen molar-refractivity contribution in [2.45, 2.75) is 13.5 Å². The van der Waals surface area contributed by atoms with Crippen molar-refractivity contribution >= 4 is 24.0 Å². The molecule has 6 heteroatoms. The highest BCUT2D eigenvalue weighted by Crippen LogP contribution is 2.06. The highest BCUT2D eigenvalue weighted by Gasteiger charge is 2.11. The van der Waals surface area contributed by atoms with E-state index in [9.17, 15) is 4.79 Å². The summed E-state index contributed by atoms with van der Waals surface area (Å²) < 4.78 is 4.97. The first-order chi connectivity index (χ1) is 9.15. The number of nitrogens with one attached hydrogen (secondary N) is 1. The highest BCUT2D eigenvalue weighted by molar-refractivity contribution is 5.85. The van der Waals surface area contributed by atoms with Crippen LogP contribution in [0.15, 0.2) is 40.9 Å². The molecule has 1 N–H and O–H groups in total. The normalized spacial score (nSPS) is 9.70. The number of hydrogen-bond donors (Lipinski definition) is 1. The van der Waals surface area contributed by atoms with Crippen LogP contribution in [0.3, 0.4) is 0 Å². The van der Waals surface area contributed by atoms with Crippen LogP contribution in [0, 0.1) is 6.92 Å². The fourth-order valence-electron chi connectivity index (χ4n) is 1.69. The predicted octanol–water partition coefficient (Wildman–Crippen LogP) is 2.48. The topological polar surface area (TPSA) is 58.4 Å². The van der Waals surface area contributed by atoms with Gasteiger partial charge in [-0.05, 0) is 19.1 Å². The Bertz CT molecular complexity index is 542. The molecule has 0 aliphatic rings. The van der Waals surface area contributed by atoms with E-state index in [0.29, 0.717) is 6.54 Å². The molecular formula is C14H18ClN3O2. The van der Waals surface area contributed by atoms with Crippen LogP contribution in [0.1, 0.15) is 11.5 Å². The van der Waals surface area contributed by atoms with Gasteiger partial charge in [0.2, 0.25) is 5.91 Å². The fourth-order valence-corrected chi connectivity index (χ4v) is 1.69. The van der Waals surface area contributed by atoms with Gasteiger partial charge < -0.3 is 14.7 Å². The zero-order valence-electron chi connectivity index (χ0n) is 11.5. The van der Waals surface area contributed by atoms with E-state index < -0.39 is 0 Å². The minimum atomic E-state index is 0. The van der Waals surface area contributed by atoms with Crippen molar-refractivity contribution in [3.8, 4) is 0 Å². The monoisotopic (exact) mass is 295 g/mol. The van der Waals surface area contributed by atoms with Crippen LogP contribution < -0.4 is 5.32 Å². The maximum Gasteiger partial charge on any atom is 0.241 e. The smallest absolute Gasteiger partial charge is 0.241 e. The van der Waals surface area contributed by atoms with Gasteiger partial charge in [-0.15, -0.1) is 12.4 Å². The van der Waals surface area contributed by atoms with Crippen molar-refractivity contribution in [1.82, 2.24) is 10.1 Å². The van der Waals surface area contributed by atoms with Crippen LogP contribution in [0.4, 0.5) is 5.69 Å². The van der Waals surface area contributed by atoms with Gasteiger partial charge in [-0.3, -0.25) is 4.79 Å². The first kappa shape index (κ1) is 16.0.